The molecule has 1 fully saturated rings. The lowest BCUT2D eigenvalue weighted by molar-refractivity contribution is 0.194. The molecular weight excluding hydrogens is 342 g/mol. The smallest absolute Gasteiger partial charge is 0.317 e. The SMILES string of the molecule is CCc1cnc(CCNC(=O)N2CCN(c3nc(C)cs3)CC2)s1. The number of nitrogens with zero attached hydrogens (tertiary/aromatic N) is 4. The van der Waals surface area contributed by atoms with Gasteiger partial charge >= 0.3 is 6.03 Å². The predicted molar refractivity (Wildman–Crippen MR) is 99.2 cm³/mol. The minimum Gasteiger partial charge on any atom is -0.345 e. The Morgan fingerprint density at radius 1 is 1.33 bits per heavy atom. The molecule has 3 rings (SSSR count). The third-order valence-corrected chi connectivity index (χ3v) is 6.23. The number of thiazole rings is 2. The third-order valence-electron chi connectivity index (χ3n) is 4.01. The van der Waals surface area contributed by atoms with Gasteiger partial charge in [0.25, 0.3) is 0 Å². The standard InChI is InChI=1S/C16H23N5OS2/c1-3-13-10-18-14(24-13)4-5-17-15(22)20-6-8-21(9-7-20)16-19-12(2)11-23-16/h10-11H,3-9H2,1-2H3,(H,17,22). The molecule has 0 unspecified atom stereocenters. The van der Waals surface area contributed by atoms with Gasteiger partial charge in [0.15, 0.2) is 5.13 Å². The maximum absolute atomic E-state index is 12.3. The van der Waals surface area contributed by atoms with Crippen molar-refractivity contribution >= 4 is 33.8 Å². The van der Waals surface area contributed by atoms with E-state index in [-0.39, 0.29) is 6.03 Å². The lowest BCUT2D eigenvalue weighted by Crippen LogP contribution is -2.52. The molecule has 0 radical (unpaired) electrons. The fourth-order valence-corrected chi connectivity index (χ4v) is 4.32. The van der Waals surface area contributed by atoms with Crippen LogP contribution in [0.3, 0.4) is 0 Å². The van der Waals surface area contributed by atoms with Crippen molar-refractivity contribution in [2.75, 3.05) is 37.6 Å². The Kier molecular flexibility index (Phi) is 5.68. The van der Waals surface area contributed by atoms with Crippen molar-refractivity contribution in [3.8, 4) is 0 Å². The lowest BCUT2D eigenvalue weighted by atomic mass is 10.3. The van der Waals surface area contributed by atoms with Gasteiger partial charge in [-0.3, -0.25) is 0 Å². The quantitative estimate of drug-likeness (QED) is 0.884. The van der Waals surface area contributed by atoms with E-state index in [1.807, 2.05) is 18.0 Å². The van der Waals surface area contributed by atoms with Crippen molar-refractivity contribution in [1.82, 2.24) is 20.2 Å². The maximum atomic E-state index is 12.3. The predicted octanol–water partition coefficient (Wildman–Crippen LogP) is 2.54. The Balaban J connectivity index is 1.40. The van der Waals surface area contributed by atoms with Gasteiger partial charge < -0.3 is 15.1 Å². The van der Waals surface area contributed by atoms with E-state index in [1.165, 1.54) is 4.88 Å². The van der Waals surface area contributed by atoms with Gasteiger partial charge in [-0.2, -0.15) is 0 Å². The highest BCUT2D eigenvalue weighted by molar-refractivity contribution is 7.13. The summed E-state index contributed by atoms with van der Waals surface area (Å²) < 4.78 is 0. The van der Waals surface area contributed by atoms with Gasteiger partial charge in [0.2, 0.25) is 0 Å². The molecule has 1 aliphatic rings. The van der Waals surface area contributed by atoms with Gasteiger partial charge in [0, 0.05) is 55.6 Å². The molecule has 8 heteroatoms. The van der Waals surface area contributed by atoms with E-state index < -0.39 is 0 Å². The number of hydrogen-bond donors (Lipinski definition) is 1. The largest absolute Gasteiger partial charge is 0.345 e. The highest BCUT2D eigenvalue weighted by Crippen LogP contribution is 2.21. The second kappa shape index (κ2) is 7.94. The summed E-state index contributed by atoms with van der Waals surface area (Å²) in [6.45, 7) is 7.94. The Labute approximate surface area is 150 Å². The van der Waals surface area contributed by atoms with Gasteiger partial charge in [-0.05, 0) is 13.3 Å². The average molecular weight is 366 g/mol. The van der Waals surface area contributed by atoms with E-state index in [4.69, 9.17) is 0 Å². The first-order valence-electron chi connectivity index (χ1n) is 8.29. The summed E-state index contributed by atoms with van der Waals surface area (Å²) in [6.07, 6.45) is 3.75. The van der Waals surface area contributed by atoms with Crippen LogP contribution < -0.4 is 10.2 Å². The molecule has 0 bridgehead atoms. The van der Waals surface area contributed by atoms with Crippen LogP contribution in [0, 0.1) is 6.92 Å². The molecular formula is C16H23N5OS2. The molecule has 2 aromatic heterocycles. The summed E-state index contributed by atoms with van der Waals surface area (Å²) >= 11 is 3.40. The van der Waals surface area contributed by atoms with Crippen molar-refractivity contribution in [2.24, 2.45) is 0 Å². The van der Waals surface area contributed by atoms with Crippen molar-refractivity contribution < 1.29 is 4.79 Å². The van der Waals surface area contributed by atoms with Crippen molar-refractivity contribution in [2.45, 2.75) is 26.7 Å². The van der Waals surface area contributed by atoms with E-state index in [0.29, 0.717) is 6.54 Å². The number of anilines is 1. The van der Waals surface area contributed by atoms with Crippen molar-refractivity contribution in [3.05, 3.63) is 27.2 Å². The normalized spacial score (nSPS) is 14.9. The molecule has 0 saturated carbocycles. The average Bonchev–Trinajstić information content (AvgIpc) is 3.24. The van der Waals surface area contributed by atoms with Gasteiger partial charge in [0.05, 0.1) is 10.7 Å². The molecule has 130 valence electrons. The first-order valence-corrected chi connectivity index (χ1v) is 9.98. The highest BCUT2D eigenvalue weighted by Gasteiger charge is 2.22. The maximum Gasteiger partial charge on any atom is 0.317 e. The van der Waals surface area contributed by atoms with Crippen molar-refractivity contribution in [3.63, 3.8) is 0 Å². The number of amides is 2. The Morgan fingerprint density at radius 2 is 2.12 bits per heavy atom. The number of nitrogens with one attached hydrogen (secondary N) is 1. The minimum absolute atomic E-state index is 0.0252. The number of piperazine rings is 1. The zero-order chi connectivity index (χ0) is 16.9. The fourth-order valence-electron chi connectivity index (χ4n) is 2.60. The van der Waals surface area contributed by atoms with Gasteiger partial charge in [0.1, 0.15) is 0 Å². The fraction of sp³-hybridized carbons (Fsp3) is 0.562. The number of carbonyl (C=O) groups is 1. The molecule has 2 amide bonds. The van der Waals surface area contributed by atoms with E-state index in [9.17, 15) is 4.79 Å². The number of carbonyl (C=O) groups excluding carboxylic acids is 1. The zero-order valence-electron chi connectivity index (χ0n) is 14.1. The third kappa shape index (κ3) is 4.24. The summed E-state index contributed by atoms with van der Waals surface area (Å²) in [6, 6.07) is 0.0252. The molecule has 24 heavy (non-hydrogen) atoms. The van der Waals surface area contributed by atoms with Crippen LogP contribution >= 0.6 is 22.7 Å². The topological polar surface area (TPSA) is 61.4 Å². The molecule has 0 aliphatic carbocycles. The summed E-state index contributed by atoms with van der Waals surface area (Å²) in [7, 11) is 0. The van der Waals surface area contributed by atoms with Crippen LogP contribution in [0.2, 0.25) is 0 Å². The van der Waals surface area contributed by atoms with Crippen LogP contribution in [-0.4, -0.2) is 53.6 Å². The molecule has 3 heterocycles. The van der Waals surface area contributed by atoms with E-state index in [2.05, 4.69) is 32.5 Å². The summed E-state index contributed by atoms with van der Waals surface area (Å²) in [4.78, 5) is 26.6. The van der Waals surface area contributed by atoms with E-state index >= 15 is 0 Å². The Hall–Kier alpha value is -1.67. The Bertz CT molecular complexity index is 676. The van der Waals surface area contributed by atoms with Gasteiger partial charge in [-0.25, -0.2) is 14.8 Å². The number of aryl methyl sites for hydroxylation is 2. The minimum atomic E-state index is 0.0252. The second-order valence-electron chi connectivity index (χ2n) is 5.80. The first kappa shape index (κ1) is 17.2. The van der Waals surface area contributed by atoms with Gasteiger partial charge in [-0.1, -0.05) is 6.92 Å². The number of urea groups is 1. The summed E-state index contributed by atoms with van der Waals surface area (Å²) in [5.41, 5.74) is 1.06. The molecule has 1 N–H and O–H groups in total. The molecule has 6 nitrogen and oxygen atoms in total. The summed E-state index contributed by atoms with van der Waals surface area (Å²) in [5.74, 6) is 0. The molecule has 1 saturated heterocycles. The molecule has 1 aliphatic heterocycles. The van der Waals surface area contributed by atoms with Crippen molar-refractivity contribution in [1.29, 1.82) is 0 Å². The number of aromatic nitrogens is 2. The van der Waals surface area contributed by atoms with Crippen LogP contribution in [0.15, 0.2) is 11.6 Å². The first-order chi connectivity index (χ1) is 11.7. The van der Waals surface area contributed by atoms with Crippen LogP contribution in [0.1, 0.15) is 22.5 Å². The van der Waals surface area contributed by atoms with E-state index in [0.717, 1.165) is 54.9 Å². The lowest BCUT2D eigenvalue weighted by Gasteiger charge is -2.34. The van der Waals surface area contributed by atoms with Crippen LogP contribution in [0.25, 0.3) is 0 Å². The van der Waals surface area contributed by atoms with E-state index in [1.54, 1.807) is 22.7 Å². The number of rotatable bonds is 5. The second-order valence-corrected chi connectivity index (χ2v) is 7.84. The number of hydrogen-bond acceptors (Lipinski definition) is 6. The van der Waals surface area contributed by atoms with Crippen LogP contribution in [0.4, 0.5) is 9.93 Å². The molecule has 0 aromatic carbocycles. The molecule has 0 spiro atoms. The van der Waals surface area contributed by atoms with Gasteiger partial charge in [-0.15, -0.1) is 22.7 Å². The van der Waals surface area contributed by atoms with Crippen LogP contribution in [0.5, 0.6) is 0 Å². The highest BCUT2D eigenvalue weighted by atomic mass is 32.1. The Morgan fingerprint density at radius 3 is 2.75 bits per heavy atom. The molecule has 2 aromatic rings. The summed E-state index contributed by atoms with van der Waals surface area (Å²) in [5, 5.41) is 7.23. The monoisotopic (exact) mass is 365 g/mol. The molecule has 0 atom stereocenters. The van der Waals surface area contributed by atoms with Crippen LogP contribution in [-0.2, 0) is 12.8 Å². The zero-order valence-corrected chi connectivity index (χ0v) is 15.8.